The quantitative estimate of drug-likeness (QED) is 0.236. The lowest BCUT2D eigenvalue weighted by Gasteiger charge is -2.16. The fourth-order valence-electron chi connectivity index (χ4n) is 4.34. The number of hydrogen-bond donors (Lipinski definition) is 1. The number of rotatable bonds is 11. The zero-order valence-electron chi connectivity index (χ0n) is 22.2. The molecule has 0 radical (unpaired) electrons. The van der Waals surface area contributed by atoms with Gasteiger partial charge in [0.05, 0.1) is 46.0 Å². The van der Waals surface area contributed by atoms with Gasteiger partial charge in [-0.25, -0.2) is 17.4 Å². The zero-order chi connectivity index (χ0) is 27.8. The van der Waals surface area contributed by atoms with E-state index in [1.807, 2.05) is 32.2 Å². The Hall–Kier alpha value is -3.63. The Labute approximate surface area is 232 Å². The summed E-state index contributed by atoms with van der Waals surface area (Å²) in [5.74, 6) is 0.761. The molecule has 0 unspecified atom stereocenters. The van der Waals surface area contributed by atoms with Crippen LogP contribution in [0.3, 0.4) is 0 Å². The molecule has 10 heteroatoms. The van der Waals surface area contributed by atoms with E-state index < -0.39 is 10.0 Å². The molecule has 2 aromatic heterocycles. The molecule has 0 spiro atoms. The lowest BCUT2D eigenvalue weighted by atomic mass is 10.1. The number of hydrogen-bond acceptors (Lipinski definition) is 7. The van der Waals surface area contributed by atoms with Crippen LogP contribution in [0.4, 0.5) is 0 Å². The summed E-state index contributed by atoms with van der Waals surface area (Å²) in [5.41, 5.74) is 4.54. The molecule has 4 aromatic rings. The van der Waals surface area contributed by atoms with E-state index in [4.69, 9.17) is 9.47 Å². The predicted molar refractivity (Wildman–Crippen MR) is 152 cm³/mol. The van der Waals surface area contributed by atoms with Gasteiger partial charge in [-0.15, -0.1) is 11.3 Å². The molecule has 1 amide bonds. The van der Waals surface area contributed by atoms with E-state index in [9.17, 15) is 13.2 Å². The maximum Gasteiger partial charge on any atom is 0.268 e. The average Bonchev–Trinajstić information content (AvgIpc) is 3.30. The number of benzene rings is 2. The number of carbonyl (C=O) groups excluding carboxylic acids is 1. The van der Waals surface area contributed by atoms with Crippen LogP contribution in [0.5, 0.6) is 5.75 Å². The van der Waals surface area contributed by atoms with E-state index in [0.717, 1.165) is 24.1 Å². The number of fused-ring (bicyclic) bond motifs is 1. The monoisotopic (exact) mass is 565 g/mol. The normalized spacial score (nSPS) is 14.2. The Morgan fingerprint density at radius 2 is 1.95 bits per heavy atom. The van der Waals surface area contributed by atoms with Gasteiger partial charge in [-0.1, -0.05) is 31.2 Å². The average molecular weight is 566 g/mol. The van der Waals surface area contributed by atoms with E-state index in [0.29, 0.717) is 40.3 Å². The first-order valence-corrected chi connectivity index (χ1v) is 15.1. The Kier molecular flexibility index (Phi) is 7.26. The molecular formula is C29H31N3O5S2. The van der Waals surface area contributed by atoms with Crippen molar-refractivity contribution in [3.63, 3.8) is 0 Å². The van der Waals surface area contributed by atoms with Gasteiger partial charge in [-0.2, -0.15) is 0 Å². The van der Waals surface area contributed by atoms with Gasteiger partial charge < -0.3 is 14.8 Å². The summed E-state index contributed by atoms with van der Waals surface area (Å²) in [7, 11) is -4.01. The molecule has 8 nitrogen and oxygen atoms in total. The van der Waals surface area contributed by atoms with Gasteiger partial charge >= 0.3 is 0 Å². The zero-order valence-corrected chi connectivity index (χ0v) is 23.8. The van der Waals surface area contributed by atoms with E-state index in [-0.39, 0.29) is 29.4 Å². The minimum absolute atomic E-state index is 0.0605. The smallest absolute Gasteiger partial charge is 0.268 e. The van der Waals surface area contributed by atoms with Crippen LogP contribution in [0, 0.1) is 12.3 Å². The van der Waals surface area contributed by atoms with E-state index in [1.165, 1.54) is 15.3 Å². The van der Waals surface area contributed by atoms with Gasteiger partial charge in [0.2, 0.25) is 5.91 Å². The number of ether oxygens (including phenoxy) is 2. The summed E-state index contributed by atoms with van der Waals surface area (Å²) in [6.45, 7) is 10.4. The molecule has 204 valence electrons. The number of nitrogens with zero attached hydrogens (tertiary/aromatic N) is 2. The Bertz CT molecular complexity index is 1630. The summed E-state index contributed by atoms with van der Waals surface area (Å²) >= 11 is 1.47. The Balaban J connectivity index is 1.64. The fraction of sp³-hybridized carbons (Fsp3) is 0.310. The Morgan fingerprint density at radius 3 is 2.59 bits per heavy atom. The maximum absolute atomic E-state index is 14.0. The second-order valence-corrected chi connectivity index (χ2v) is 12.5. The van der Waals surface area contributed by atoms with Crippen LogP contribution in [-0.4, -0.2) is 29.9 Å². The van der Waals surface area contributed by atoms with Crippen LogP contribution in [0.1, 0.15) is 49.2 Å². The van der Waals surface area contributed by atoms with Crippen LogP contribution in [0.2, 0.25) is 0 Å². The van der Waals surface area contributed by atoms with Crippen molar-refractivity contribution < 1.29 is 22.7 Å². The number of amides is 1. The number of aryl methyl sites for hydroxylation is 1. The first-order valence-electron chi connectivity index (χ1n) is 12.7. The van der Waals surface area contributed by atoms with Crippen molar-refractivity contribution in [2.75, 3.05) is 6.61 Å². The summed E-state index contributed by atoms with van der Waals surface area (Å²) in [6.07, 6.45) is 1.65. The SMILES string of the molecule is C=C(OCC)c1cc2cc(CNC(=O)C3(C)CC3)n(S(=O)(=O)c3ccc(C)cc3)c2cc1OCc1cscn1. The van der Waals surface area contributed by atoms with Crippen molar-refractivity contribution in [2.45, 2.75) is 51.7 Å². The standard InChI is InChI=1S/C29H31N3O5S2/c1-5-36-20(3)25-13-21-12-23(15-30-28(33)29(4)10-11-29)32(39(34,35)24-8-6-19(2)7-9-24)26(21)14-27(25)37-16-22-17-38-18-31-22/h6-9,12-14,17-18H,3,5,10-11,15-16H2,1-2,4H3,(H,30,33). The molecule has 2 aromatic carbocycles. The van der Waals surface area contributed by atoms with Crippen LogP contribution < -0.4 is 10.1 Å². The van der Waals surface area contributed by atoms with Crippen LogP contribution in [0.25, 0.3) is 16.7 Å². The van der Waals surface area contributed by atoms with E-state index in [1.54, 1.807) is 41.9 Å². The minimum Gasteiger partial charge on any atom is -0.494 e. The lowest BCUT2D eigenvalue weighted by molar-refractivity contribution is -0.125. The van der Waals surface area contributed by atoms with Crippen molar-refractivity contribution >= 4 is 43.9 Å². The van der Waals surface area contributed by atoms with Crippen molar-refractivity contribution in [2.24, 2.45) is 5.41 Å². The number of nitrogens with one attached hydrogen (secondary N) is 1. The third-order valence-electron chi connectivity index (χ3n) is 6.95. The second-order valence-electron chi connectivity index (χ2n) is 9.99. The molecule has 1 aliphatic rings. The molecular weight excluding hydrogens is 534 g/mol. The van der Waals surface area contributed by atoms with Crippen LogP contribution in [0.15, 0.2) is 64.8 Å². The number of thiazole rings is 1. The molecule has 1 N–H and O–H groups in total. The molecule has 0 atom stereocenters. The highest BCUT2D eigenvalue weighted by atomic mass is 32.2. The predicted octanol–water partition coefficient (Wildman–Crippen LogP) is 5.65. The maximum atomic E-state index is 14.0. The summed E-state index contributed by atoms with van der Waals surface area (Å²) < 4.78 is 41.2. The minimum atomic E-state index is -4.01. The lowest BCUT2D eigenvalue weighted by Crippen LogP contribution is -2.31. The van der Waals surface area contributed by atoms with E-state index in [2.05, 4.69) is 16.9 Å². The number of aromatic nitrogens is 2. The van der Waals surface area contributed by atoms with Gasteiger partial charge in [0.15, 0.2) is 0 Å². The highest BCUT2D eigenvalue weighted by Crippen LogP contribution is 2.45. The highest BCUT2D eigenvalue weighted by molar-refractivity contribution is 7.90. The van der Waals surface area contributed by atoms with Crippen molar-refractivity contribution in [1.82, 2.24) is 14.3 Å². The molecule has 1 saturated carbocycles. The molecule has 2 heterocycles. The fourth-order valence-corrected chi connectivity index (χ4v) is 6.42. The van der Waals surface area contributed by atoms with Gasteiger partial charge in [-0.05, 0) is 51.0 Å². The Morgan fingerprint density at radius 1 is 1.21 bits per heavy atom. The summed E-state index contributed by atoms with van der Waals surface area (Å²) in [4.78, 5) is 17.2. The molecule has 0 aliphatic heterocycles. The first-order chi connectivity index (χ1) is 18.6. The first kappa shape index (κ1) is 27.0. The second kappa shape index (κ2) is 10.5. The van der Waals surface area contributed by atoms with Gasteiger partial charge in [-0.3, -0.25) is 4.79 Å². The summed E-state index contributed by atoms with van der Waals surface area (Å²) in [6, 6.07) is 12.0. The van der Waals surface area contributed by atoms with Gasteiger partial charge in [0, 0.05) is 22.2 Å². The molecule has 0 saturated heterocycles. The molecule has 39 heavy (non-hydrogen) atoms. The van der Waals surface area contributed by atoms with Crippen LogP contribution in [-0.2, 0) is 32.7 Å². The molecule has 0 bridgehead atoms. The van der Waals surface area contributed by atoms with E-state index >= 15 is 0 Å². The third kappa shape index (κ3) is 5.44. The van der Waals surface area contributed by atoms with Gasteiger partial charge in [0.1, 0.15) is 18.1 Å². The number of carbonyl (C=O) groups is 1. The van der Waals surface area contributed by atoms with Crippen molar-refractivity contribution in [3.8, 4) is 5.75 Å². The van der Waals surface area contributed by atoms with Crippen LogP contribution >= 0.6 is 11.3 Å². The van der Waals surface area contributed by atoms with Crippen molar-refractivity contribution in [1.29, 1.82) is 0 Å². The highest BCUT2D eigenvalue weighted by Gasteiger charge is 2.44. The topological polar surface area (TPSA) is 99.5 Å². The molecule has 1 fully saturated rings. The third-order valence-corrected chi connectivity index (χ3v) is 9.36. The summed E-state index contributed by atoms with van der Waals surface area (Å²) in [5, 5.41) is 5.49. The molecule has 1 aliphatic carbocycles. The van der Waals surface area contributed by atoms with Crippen molar-refractivity contribution in [3.05, 3.63) is 82.4 Å². The molecule has 5 rings (SSSR count). The largest absolute Gasteiger partial charge is 0.494 e. The van der Waals surface area contributed by atoms with Gasteiger partial charge in [0.25, 0.3) is 10.0 Å².